The fraction of sp³-hybridized carbons (Fsp3) is 0.909. The lowest BCUT2D eigenvalue weighted by Gasteiger charge is -2.36. The van der Waals surface area contributed by atoms with Crippen LogP contribution >= 0.6 is 0 Å². The van der Waals surface area contributed by atoms with Crippen LogP contribution in [-0.2, 0) is 4.79 Å². The Hall–Kier alpha value is -1.03. The number of carbonyl (C=O) groups excluding carboxylic acids is 1. The molecule has 1 heterocycles. The van der Waals surface area contributed by atoms with Gasteiger partial charge in [-0.05, 0) is 6.92 Å². The van der Waals surface area contributed by atoms with Crippen LogP contribution in [0.15, 0.2) is 0 Å². The molecule has 4 nitrogen and oxygen atoms in total. The molecule has 0 spiro atoms. The summed E-state index contributed by atoms with van der Waals surface area (Å²) in [5, 5.41) is 4.63. The van der Waals surface area contributed by atoms with Gasteiger partial charge < -0.3 is 10.6 Å². The summed E-state index contributed by atoms with van der Waals surface area (Å²) in [6.07, 6.45) is -9.39. The standard InChI is InChI=1S/C11H17F6N3O/c1-7(10(12,13)14)9(21)19-6-8(11(15,16)17)20-4-2-18-3-5-20/h7-8,18H,2-6H2,1H3,(H,19,21). The molecule has 0 bridgehead atoms. The molecule has 2 N–H and O–H groups in total. The molecule has 1 aliphatic rings. The van der Waals surface area contributed by atoms with Crippen molar-refractivity contribution in [3.05, 3.63) is 0 Å². The molecule has 1 saturated heterocycles. The minimum absolute atomic E-state index is 0.120. The molecule has 0 aromatic carbocycles. The number of halogens is 6. The summed E-state index contributed by atoms with van der Waals surface area (Å²) >= 11 is 0. The topological polar surface area (TPSA) is 44.4 Å². The van der Waals surface area contributed by atoms with Gasteiger partial charge in [-0.3, -0.25) is 9.69 Å². The minimum Gasteiger partial charge on any atom is -0.354 e. The summed E-state index contributed by atoms with van der Waals surface area (Å²) in [6, 6.07) is -1.98. The van der Waals surface area contributed by atoms with Gasteiger partial charge in [0.2, 0.25) is 5.91 Å². The van der Waals surface area contributed by atoms with E-state index in [0.717, 1.165) is 4.90 Å². The number of nitrogens with one attached hydrogen (secondary N) is 2. The van der Waals surface area contributed by atoms with Crippen LogP contribution in [0.5, 0.6) is 0 Å². The van der Waals surface area contributed by atoms with Crippen molar-refractivity contribution in [1.29, 1.82) is 0 Å². The fourth-order valence-corrected chi connectivity index (χ4v) is 1.94. The molecular weight excluding hydrogens is 304 g/mol. The van der Waals surface area contributed by atoms with Crippen LogP contribution in [0.1, 0.15) is 6.92 Å². The first-order valence-electron chi connectivity index (χ1n) is 6.39. The van der Waals surface area contributed by atoms with E-state index in [4.69, 9.17) is 0 Å². The lowest BCUT2D eigenvalue weighted by molar-refractivity contribution is -0.187. The Morgan fingerprint density at radius 2 is 1.67 bits per heavy atom. The fourth-order valence-electron chi connectivity index (χ4n) is 1.94. The van der Waals surface area contributed by atoms with E-state index in [2.05, 4.69) is 5.32 Å². The van der Waals surface area contributed by atoms with Crippen molar-refractivity contribution in [3.8, 4) is 0 Å². The number of carbonyl (C=O) groups is 1. The third-order valence-electron chi connectivity index (χ3n) is 3.32. The zero-order valence-electron chi connectivity index (χ0n) is 11.3. The molecule has 2 unspecified atom stereocenters. The van der Waals surface area contributed by atoms with E-state index in [9.17, 15) is 31.1 Å². The van der Waals surface area contributed by atoms with Crippen LogP contribution in [0.4, 0.5) is 26.3 Å². The van der Waals surface area contributed by atoms with Crippen LogP contribution in [0.25, 0.3) is 0 Å². The van der Waals surface area contributed by atoms with Gasteiger partial charge in [0.15, 0.2) is 0 Å². The van der Waals surface area contributed by atoms with Crippen LogP contribution in [-0.4, -0.2) is 61.9 Å². The van der Waals surface area contributed by atoms with Gasteiger partial charge in [-0.1, -0.05) is 0 Å². The maximum absolute atomic E-state index is 13.0. The van der Waals surface area contributed by atoms with Gasteiger partial charge in [-0.2, -0.15) is 26.3 Å². The number of nitrogens with zero attached hydrogens (tertiary/aromatic N) is 1. The van der Waals surface area contributed by atoms with Gasteiger partial charge in [0.1, 0.15) is 12.0 Å². The van der Waals surface area contributed by atoms with E-state index >= 15 is 0 Å². The molecule has 0 aromatic rings. The number of amides is 1. The van der Waals surface area contributed by atoms with Crippen molar-refractivity contribution in [2.45, 2.75) is 25.3 Å². The van der Waals surface area contributed by atoms with Gasteiger partial charge in [-0.25, -0.2) is 0 Å². The molecule has 0 radical (unpaired) electrons. The Kier molecular flexibility index (Phi) is 5.85. The molecule has 0 aromatic heterocycles. The minimum atomic E-state index is -4.77. The predicted octanol–water partition coefficient (Wildman–Crippen LogP) is 1.14. The van der Waals surface area contributed by atoms with Crippen LogP contribution in [0.2, 0.25) is 0 Å². The first-order chi connectivity index (χ1) is 9.53. The average molecular weight is 321 g/mol. The second kappa shape index (κ2) is 6.82. The summed E-state index contributed by atoms with van der Waals surface area (Å²) in [4.78, 5) is 12.4. The van der Waals surface area contributed by atoms with E-state index < -0.39 is 36.8 Å². The molecule has 1 aliphatic heterocycles. The summed E-state index contributed by atoms with van der Waals surface area (Å²) in [5.41, 5.74) is 0. The highest BCUT2D eigenvalue weighted by Crippen LogP contribution is 2.27. The summed E-state index contributed by atoms with van der Waals surface area (Å²) < 4.78 is 75.8. The summed E-state index contributed by atoms with van der Waals surface area (Å²) in [6.45, 7) is 0.689. The Morgan fingerprint density at radius 1 is 1.14 bits per heavy atom. The third-order valence-corrected chi connectivity index (χ3v) is 3.32. The Labute approximate surface area is 117 Å². The van der Waals surface area contributed by atoms with Gasteiger partial charge >= 0.3 is 12.4 Å². The number of hydrogen-bond donors (Lipinski definition) is 2. The van der Waals surface area contributed by atoms with Gasteiger partial charge in [0, 0.05) is 32.7 Å². The van der Waals surface area contributed by atoms with Crippen molar-refractivity contribution in [1.82, 2.24) is 15.5 Å². The van der Waals surface area contributed by atoms with Crippen molar-refractivity contribution in [2.75, 3.05) is 32.7 Å². The Bertz CT molecular complexity index is 351. The first-order valence-corrected chi connectivity index (χ1v) is 6.39. The van der Waals surface area contributed by atoms with Crippen LogP contribution in [0, 0.1) is 5.92 Å². The largest absolute Gasteiger partial charge is 0.405 e. The molecule has 0 aliphatic carbocycles. The SMILES string of the molecule is CC(C(=O)NCC(N1CCNCC1)C(F)(F)F)C(F)(F)F. The molecule has 1 fully saturated rings. The highest BCUT2D eigenvalue weighted by atomic mass is 19.4. The Morgan fingerprint density at radius 3 is 2.10 bits per heavy atom. The first kappa shape index (κ1) is 18.0. The molecule has 124 valence electrons. The molecule has 0 saturated carbocycles. The van der Waals surface area contributed by atoms with Gasteiger partial charge in [0.05, 0.1) is 0 Å². The predicted molar refractivity (Wildman–Crippen MR) is 62.5 cm³/mol. The normalized spacial score (nSPS) is 20.9. The quantitative estimate of drug-likeness (QED) is 0.763. The van der Waals surface area contributed by atoms with Gasteiger partial charge in [0.25, 0.3) is 0 Å². The molecule has 21 heavy (non-hydrogen) atoms. The summed E-state index contributed by atoms with van der Waals surface area (Å²) in [5.74, 6) is -3.79. The lowest BCUT2D eigenvalue weighted by Crippen LogP contribution is -2.58. The second-order valence-electron chi connectivity index (χ2n) is 4.85. The summed E-state index contributed by atoms with van der Waals surface area (Å²) in [7, 11) is 0. The zero-order valence-corrected chi connectivity index (χ0v) is 11.3. The molecule has 10 heteroatoms. The smallest absolute Gasteiger partial charge is 0.354 e. The number of hydrogen-bond acceptors (Lipinski definition) is 3. The second-order valence-corrected chi connectivity index (χ2v) is 4.85. The number of piperazine rings is 1. The van der Waals surface area contributed by atoms with E-state index in [0.29, 0.717) is 20.0 Å². The van der Waals surface area contributed by atoms with Crippen LogP contribution < -0.4 is 10.6 Å². The van der Waals surface area contributed by atoms with Crippen molar-refractivity contribution < 1.29 is 31.1 Å². The maximum atomic E-state index is 13.0. The van der Waals surface area contributed by atoms with E-state index in [1.165, 1.54) is 0 Å². The monoisotopic (exact) mass is 321 g/mol. The molecule has 2 atom stereocenters. The zero-order chi connectivity index (χ0) is 16.3. The average Bonchev–Trinajstić information content (AvgIpc) is 2.36. The van der Waals surface area contributed by atoms with Crippen molar-refractivity contribution in [3.63, 3.8) is 0 Å². The maximum Gasteiger partial charge on any atom is 0.405 e. The molecule has 1 rings (SSSR count). The number of rotatable bonds is 4. The van der Waals surface area contributed by atoms with E-state index in [1.807, 2.05) is 0 Å². The van der Waals surface area contributed by atoms with Crippen molar-refractivity contribution >= 4 is 5.91 Å². The Balaban J connectivity index is 2.64. The third kappa shape index (κ3) is 5.34. The van der Waals surface area contributed by atoms with Crippen LogP contribution in [0.3, 0.4) is 0 Å². The van der Waals surface area contributed by atoms with Gasteiger partial charge in [-0.15, -0.1) is 0 Å². The van der Waals surface area contributed by atoms with Crippen molar-refractivity contribution in [2.24, 2.45) is 5.92 Å². The lowest BCUT2D eigenvalue weighted by atomic mass is 10.1. The highest BCUT2D eigenvalue weighted by molar-refractivity contribution is 5.79. The molecule has 1 amide bonds. The van der Waals surface area contributed by atoms with E-state index in [-0.39, 0.29) is 13.1 Å². The molecular formula is C11H17F6N3O. The highest BCUT2D eigenvalue weighted by Gasteiger charge is 2.45. The number of alkyl halides is 6. The van der Waals surface area contributed by atoms with E-state index in [1.54, 1.807) is 5.32 Å².